The van der Waals surface area contributed by atoms with Crippen molar-refractivity contribution in [2.45, 2.75) is 13.0 Å². The van der Waals surface area contributed by atoms with Gasteiger partial charge in [-0.25, -0.2) is 0 Å². The third-order valence-corrected chi connectivity index (χ3v) is 3.09. The molecule has 1 saturated heterocycles. The van der Waals surface area contributed by atoms with E-state index in [0.717, 1.165) is 11.8 Å². The van der Waals surface area contributed by atoms with Crippen LogP contribution in [0.1, 0.15) is 12.0 Å². The van der Waals surface area contributed by atoms with Gasteiger partial charge in [-0.15, -0.1) is 0 Å². The van der Waals surface area contributed by atoms with Gasteiger partial charge in [0.05, 0.1) is 0 Å². The van der Waals surface area contributed by atoms with E-state index in [-0.39, 0.29) is 11.8 Å². The minimum absolute atomic E-state index is 0.0105. The number of benzene rings is 1. The molecule has 1 atom stereocenters. The van der Waals surface area contributed by atoms with Gasteiger partial charge in [0.1, 0.15) is 6.29 Å². The van der Waals surface area contributed by atoms with E-state index in [2.05, 4.69) is 6.58 Å². The molecule has 0 radical (unpaired) electrons. The van der Waals surface area contributed by atoms with Crippen LogP contribution < -0.4 is 0 Å². The van der Waals surface area contributed by atoms with Crippen LogP contribution in [0.15, 0.2) is 42.5 Å². The highest BCUT2D eigenvalue weighted by Crippen LogP contribution is 2.26. The zero-order valence-electron chi connectivity index (χ0n) is 9.63. The Labute approximate surface area is 101 Å². The summed E-state index contributed by atoms with van der Waals surface area (Å²) in [6.45, 7) is 4.97. The molecule has 0 aliphatic carbocycles. The maximum Gasteiger partial charge on any atom is 0.249 e. The van der Waals surface area contributed by atoms with Crippen LogP contribution in [0.3, 0.4) is 0 Å². The summed E-state index contributed by atoms with van der Waals surface area (Å²) < 4.78 is 0. The summed E-state index contributed by atoms with van der Waals surface area (Å²) in [5.41, 5.74) is 1.66. The fourth-order valence-electron chi connectivity index (χ4n) is 2.11. The average molecular weight is 229 g/mol. The fraction of sp³-hybridized carbons (Fsp3) is 0.286. The van der Waals surface area contributed by atoms with Crippen LogP contribution in [0.2, 0.25) is 0 Å². The van der Waals surface area contributed by atoms with Crippen LogP contribution in [0.4, 0.5) is 0 Å². The van der Waals surface area contributed by atoms with Crippen LogP contribution in [0.25, 0.3) is 0 Å². The molecule has 3 heteroatoms. The Balaban J connectivity index is 2.06. The predicted molar refractivity (Wildman–Crippen MR) is 65.2 cm³/mol. The monoisotopic (exact) mass is 229 g/mol. The molecule has 1 fully saturated rings. The van der Waals surface area contributed by atoms with Crippen molar-refractivity contribution in [1.82, 2.24) is 4.90 Å². The SMILES string of the molecule is C=C1C(=O)N(Cc2ccccc2)CC1CC=O. The second kappa shape index (κ2) is 4.95. The second-order valence-corrected chi connectivity index (χ2v) is 4.30. The third kappa shape index (κ3) is 2.44. The van der Waals surface area contributed by atoms with E-state index in [1.807, 2.05) is 30.3 Å². The molecule has 0 spiro atoms. The predicted octanol–water partition coefficient (Wildman–Crippen LogP) is 1.79. The molecule has 1 unspecified atom stereocenters. The smallest absolute Gasteiger partial charge is 0.249 e. The first-order valence-electron chi connectivity index (χ1n) is 5.68. The van der Waals surface area contributed by atoms with Crippen LogP contribution >= 0.6 is 0 Å². The van der Waals surface area contributed by atoms with Crippen molar-refractivity contribution in [2.24, 2.45) is 5.92 Å². The summed E-state index contributed by atoms with van der Waals surface area (Å²) in [7, 11) is 0. The fourth-order valence-corrected chi connectivity index (χ4v) is 2.11. The van der Waals surface area contributed by atoms with E-state index in [1.165, 1.54) is 0 Å². The third-order valence-electron chi connectivity index (χ3n) is 3.09. The molecule has 1 aromatic carbocycles. The molecule has 88 valence electrons. The molecule has 1 aliphatic rings. The molecule has 0 N–H and O–H groups in total. The minimum Gasteiger partial charge on any atom is -0.334 e. The molecule has 0 bridgehead atoms. The Morgan fingerprint density at radius 1 is 1.35 bits per heavy atom. The number of amides is 1. The zero-order valence-corrected chi connectivity index (χ0v) is 9.63. The standard InChI is InChI=1S/C14H15NO2/c1-11-13(7-8-16)10-15(14(11)17)9-12-5-3-2-4-6-12/h2-6,8,13H,1,7,9-10H2. The molecule has 3 nitrogen and oxygen atoms in total. The number of carbonyl (C=O) groups is 2. The summed E-state index contributed by atoms with van der Waals surface area (Å²) >= 11 is 0. The Bertz CT molecular complexity index is 439. The molecule has 0 saturated carbocycles. The Morgan fingerprint density at radius 2 is 2.06 bits per heavy atom. The largest absolute Gasteiger partial charge is 0.334 e. The molecular weight excluding hydrogens is 214 g/mol. The Kier molecular flexibility index (Phi) is 3.38. The zero-order chi connectivity index (χ0) is 12.3. The summed E-state index contributed by atoms with van der Waals surface area (Å²) in [4.78, 5) is 24.2. The number of nitrogens with zero attached hydrogens (tertiary/aromatic N) is 1. The first kappa shape index (κ1) is 11.6. The topological polar surface area (TPSA) is 37.4 Å². The van der Waals surface area contributed by atoms with Crippen LogP contribution in [-0.2, 0) is 16.1 Å². The first-order chi connectivity index (χ1) is 8.22. The lowest BCUT2D eigenvalue weighted by Gasteiger charge is -2.15. The summed E-state index contributed by atoms with van der Waals surface area (Å²) in [6.07, 6.45) is 1.24. The highest BCUT2D eigenvalue weighted by molar-refractivity contribution is 5.96. The maximum absolute atomic E-state index is 11.9. The molecular formula is C14H15NO2. The lowest BCUT2D eigenvalue weighted by Crippen LogP contribution is -2.24. The van der Waals surface area contributed by atoms with Crippen LogP contribution in [0, 0.1) is 5.92 Å². The number of aldehydes is 1. The van der Waals surface area contributed by atoms with Gasteiger partial charge >= 0.3 is 0 Å². The first-order valence-corrected chi connectivity index (χ1v) is 5.68. The van der Waals surface area contributed by atoms with Gasteiger partial charge in [0.15, 0.2) is 0 Å². The van der Waals surface area contributed by atoms with Gasteiger partial charge in [-0.1, -0.05) is 36.9 Å². The second-order valence-electron chi connectivity index (χ2n) is 4.30. The van der Waals surface area contributed by atoms with Crippen molar-refractivity contribution < 1.29 is 9.59 Å². The molecule has 0 aromatic heterocycles. The highest BCUT2D eigenvalue weighted by Gasteiger charge is 2.32. The van der Waals surface area contributed by atoms with Gasteiger partial charge in [-0.3, -0.25) is 4.79 Å². The maximum atomic E-state index is 11.9. The molecule has 1 amide bonds. The van der Waals surface area contributed by atoms with E-state index in [4.69, 9.17) is 0 Å². The summed E-state index contributed by atoms with van der Waals surface area (Å²) in [5.74, 6) is -0.0376. The summed E-state index contributed by atoms with van der Waals surface area (Å²) in [5, 5.41) is 0. The molecule has 1 heterocycles. The van der Waals surface area contributed by atoms with Gasteiger partial charge in [-0.2, -0.15) is 0 Å². The lowest BCUT2D eigenvalue weighted by atomic mass is 10.0. The van der Waals surface area contributed by atoms with Gasteiger partial charge < -0.3 is 9.69 Å². The van der Waals surface area contributed by atoms with Gasteiger partial charge in [-0.05, 0) is 5.56 Å². The number of hydrogen-bond donors (Lipinski definition) is 0. The number of likely N-dealkylation sites (tertiary alicyclic amines) is 1. The number of rotatable bonds is 4. The molecule has 17 heavy (non-hydrogen) atoms. The minimum atomic E-state index is -0.0271. The average Bonchev–Trinajstić information content (AvgIpc) is 2.60. The van der Waals surface area contributed by atoms with Crippen molar-refractivity contribution in [3.63, 3.8) is 0 Å². The van der Waals surface area contributed by atoms with Crippen LogP contribution in [0.5, 0.6) is 0 Å². The van der Waals surface area contributed by atoms with Crippen LogP contribution in [-0.4, -0.2) is 23.6 Å². The van der Waals surface area contributed by atoms with Crippen molar-refractivity contribution in [1.29, 1.82) is 0 Å². The lowest BCUT2D eigenvalue weighted by molar-refractivity contribution is -0.125. The Hall–Kier alpha value is -1.90. The highest BCUT2D eigenvalue weighted by atomic mass is 16.2. The van der Waals surface area contributed by atoms with E-state index in [0.29, 0.717) is 25.1 Å². The van der Waals surface area contributed by atoms with E-state index in [9.17, 15) is 9.59 Å². The van der Waals surface area contributed by atoms with Gasteiger partial charge in [0.2, 0.25) is 5.91 Å². The van der Waals surface area contributed by atoms with Crippen molar-refractivity contribution in [2.75, 3.05) is 6.54 Å². The molecule has 1 aromatic rings. The number of hydrogen-bond acceptors (Lipinski definition) is 2. The number of carbonyl (C=O) groups excluding carboxylic acids is 2. The normalized spacial score (nSPS) is 19.8. The summed E-state index contributed by atoms with van der Waals surface area (Å²) in [6, 6.07) is 9.83. The molecule has 1 aliphatic heterocycles. The van der Waals surface area contributed by atoms with E-state index in [1.54, 1.807) is 4.90 Å². The van der Waals surface area contributed by atoms with Crippen molar-refractivity contribution >= 4 is 12.2 Å². The van der Waals surface area contributed by atoms with Gasteiger partial charge in [0, 0.05) is 31.0 Å². The quantitative estimate of drug-likeness (QED) is 0.583. The van der Waals surface area contributed by atoms with E-state index < -0.39 is 0 Å². The van der Waals surface area contributed by atoms with Crippen molar-refractivity contribution in [3.8, 4) is 0 Å². The molecule has 2 rings (SSSR count). The van der Waals surface area contributed by atoms with Gasteiger partial charge in [0.25, 0.3) is 0 Å². The van der Waals surface area contributed by atoms with Crippen molar-refractivity contribution in [3.05, 3.63) is 48.0 Å². The van der Waals surface area contributed by atoms with E-state index >= 15 is 0 Å². The Morgan fingerprint density at radius 3 is 2.71 bits per heavy atom.